The van der Waals surface area contributed by atoms with Gasteiger partial charge in [0.15, 0.2) is 5.76 Å². The monoisotopic (exact) mass is 455 g/mol. The van der Waals surface area contributed by atoms with Crippen LogP contribution in [0.3, 0.4) is 0 Å². The first kappa shape index (κ1) is 20.9. The highest BCUT2D eigenvalue weighted by Gasteiger charge is 2.17. The lowest BCUT2D eigenvalue weighted by Gasteiger charge is -2.06. The van der Waals surface area contributed by atoms with Crippen LogP contribution in [0.2, 0.25) is 0 Å². The van der Waals surface area contributed by atoms with Gasteiger partial charge in [0, 0.05) is 16.1 Å². The van der Waals surface area contributed by atoms with Crippen LogP contribution < -0.4 is 5.76 Å². The highest BCUT2D eigenvalue weighted by molar-refractivity contribution is 9.10. The molecule has 0 aliphatic rings. The fourth-order valence-electron chi connectivity index (χ4n) is 2.82. The van der Waals surface area contributed by atoms with Crippen LogP contribution in [0.5, 0.6) is 0 Å². The number of benzene rings is 2. The molecule has 1 heterocycles. The molecule has 0 unspecified atom stereocenters. The molecule has 6 heteroatoms. The number of esters is 1. The van der Waals surface area contributed by atoms with E-state index in [1.165, 1.54) is 10.6 Å². The Morgan fingerprint density at radius 1 is 1.14 bits per heavy atom. The molecule has 0 atom stereocenters. The molecule has 3 rings (SSSR count). The zero-order valence-electron chi connectivity index (χ0n) is 16.1. The predicted octanol–water partition coefficient (Wildman–Crippen LogP) is 5.28. The first-order valence-electron chi connectivity index (χ1n) is 9.47. The summed E-state index contributed by atoms with van der Waals surface area (Å²) in [7, 11) is 0. The van der Waals surface area contributed by atoms with Crippen LogP contribution in [-0.2, 0) is 16.1 Å². The average molecular weight is 456 g/mol. The molecule has 0 saturated heterocycles. The van der Waals surface area contributed by atoms with Crippen LogP contribution in [0.1, 0.15) is 31.0 Å². The summed E-state index contributed by atoms with van der Waals surface area (Å²) in [6.45, 7) is 2.74. The Balaban J connectivity index is 1.98. The first-order chi connectivity index (χ1) is 14.1. The topological polar surface area (TPSA) is 61.4 Å². The summed E-state index contributed by atoms with van der Waals surface area (Å²) in [4.78, 5) is 24.6. The molecule has 5 nitrogen and oxygen atoms in total. The molecule has 0 radical (unpaired) electrons. The molecule has 0 spiro atoms. The van der Waals surface area contributed by atoms with Gasteiger partial charge in [0.1, 0.15) is 0 Å². The number of halogens is 1. The molecule has 0 fully saturated rings. The fraction of sp³-hybridized carbons (Fsp3) is 0.217. The van der Waals surface area contributed by atoms with Crippen molar-refractivity contribution in [1.29, 1.82) is 0 Å². The second kappa shape index (κ2) is 10.1. The van der Waals surface area contributed by atoms with E-state index < -0.39 is 11.7 Å². The maximum atomic E-state index is 12.6. The third-order valence-electron chi connectivity index (χ3n) is 4.34. The van der Waals surface area contributed by atoms with Gasteiger partial charge in [-0.15, -0.1) is 0 Å². The molecular weight excluding hydrogens is 434 g/mol. The molecule has 0 aliphatic carbocycles. The summed E-state index contributed by atoms with van der Waals surface area (Å²) in [6.07, 6.45) is 4.68. The third-order valence-corrected chi connectivity index (χ3v) is 4.87. The van der Waals surface area contributed by atoms with Crippen LogP contribution >= 0.6 is 15.9 Å². The Hall–Kier alpha value is -2.86. The molecular formula is C23H22BrNO4. The number of ether oxygens (including phenoxy) is 1. The van der Waals surface area contributed by atoms with Crippen molar-refractivity contribution in [2.75, 3.05) is 6.61 Å². The SMILES string of the molecule is CCCCOC(=O)/C=C/c1c(-c2ccc(Br)cc2)oc(=O)n1Cc1ccccc1. The molecule has 0 bridgehead atoms. The predicted molar refractivity (Wildman–Crippen MR) is 117 cm³/mol. The second-order valence-corrected chi connectivity index (χ2v) is 7.43. The van der Waals surface area contributed by atoms with Gasteiger partial charge in [-0.05, 0) is 30.2 Å². The Morgan fingerprint density at radius 2 is 1.86 bits per heavy atom. The minimum atomic E-state index is -0.481. The van der Waals surface area contributed by atoms with Gasteiger partial charge in [0.05, 0.1) is 18.8 Å². The maximum absolute atomic E-state index is 12.6. The van der Waals surface area contributed by atoms with Gasteiger partial charge < -0.3 is 9.15 Å². The lowest BCUT2D eigenvalue weighted by Crippen LogP contribution is -2.16. The largest absolute Gasteiger partial charge is 0.463 e. The smallest absolute Gasteiger partial charge is 0.420 e. The van der Waals surface area contributed by atoms with Crippen molar-refractivity contribution in [1.82, 2.24) is 4.57 Å². The first-order valence-corrected chi connectivity index (χ1v) is 10.3. The average Bonchev–Trinajstić information content (AvgIpc) is 3.03. The number of nitrogens with zero attached hydrogens (tertiary/aromatic N) is 1. The molecule has 0 amide bonds. The quantitative estimate of drug-likeness (QED) is 0.263. The number of unbranched alkanes of at least 4 members (excludes halogenated alkanes) is 1. The lowest BCUT2D eigenvalue weighted by atomic mass is 10.1. The second-order valence-electron chi connectivity index (χ2n) is 6.52. The summed E-state index contributed by atoms with van der Waals surface area (Å²) in [5.41, 5.74) is 2.22. The van der Waals surface area contributed by atoms with Gasteiger partial charge in [-0.3, -0.25) is 4.57 Å². The van der Waals surface area contributed by atoms with Crippen LogP contribution in [-0.4, -0.2) is 17.1 Å². The molecule has 1 aromatic heterocycles. The maximum Gasteiger partial charge on any atom is 0.420 e. The number of carbonyl (C=O) groups is 1. The third kappa shape index (κ3) is 5.57. The van der Waals surface area contributed by atoms with Gasteiger partial charge in [-0.2, -0.15) is 0 Å². The minimum Gasteiger partial charge on any atom is -0.463 e. The number of hydrogen-bond donors (Lipinski definition) is 0. The molecule has 29 heavy (non-hydrogen) atoms. The van der Waals surface area contributed by atoms with Crippen molar-refractivity contribution in [2.24, 2.45) is 0 Å². The van der Waals surface area contributed by atoms with E-state index in [0.717, 1.165) is 28.4 Å². The minimum absolute atomic E-state index is 0.338. The van der Waals surface area contributed by atoms with Crippen molar-refractivity contribution in [3.63, 3.8) is 0 Å². The van der Waals surface area contributed by atoms with E-state index in [2.05, 4.69) is 15.9 Å². The molecule has 150 valence electrons. The van der Waals surface area contributed by atoms with Crippen LogP contribution in [0.15, 0.2) is 74.4 Å². The summed E-state index contributed by atoms with van der Waals surface area (Å²) in [6, 6.07) is 17.1. The zero-order valence-corrected chi connectivity index (χ0v) is 17.7. The summed E-state index contributed by atoms with van der Waals surface area (Å²) in [5, 5.41) is 0. The van der Waals surface area contributed by atoms with E-state index in [4.69, 9.17) is 9.15 Å². The highest BCUT2D eigenvalue weighted by atomic mass is 79.9. The van der Waals surface area contributed by atoms with Crippen LogP contribution in [0, 0.1) is 0 Å². The number of carbonyl (C=O) groups excluding carboxylic acids is 1. The Kier molecular flexibility index (Phi) is 7.25. The standard InChI is InChI=1S/C23H22BrNO4/c1-2-3-15-28-21(26)14-13-20-22(18-9-11-19(24)12-10-18)29-23(27)25(20)16-17-7-5-4-6-8-17/h4-14H,2-3,15-16H2,1H3/b14-13+. The van der Waals surface area contributed by atoms with Crippen molar-refractivity contribution in [3.8, 4) is 11.3 Å². The van der Waals surface area contributed by atoms with Crippen molar-refractivity contribution >= 4 is 28.0 Å². The number of oxazole rings is 1. The molecule has 3 aromatic rings. The normalized spacial score (nSPS) is 11.1. The van der Waals surface area contributed by atoms with E-state index in [-0.39, 0.29) is 0 Å². The van der Waals surface area contributed by atoms with E-state index in [1.54, 1.807) is 6.08 Å². The summed E-state index contributed by atoms with van der Waals surface area (Å²) >= 11 is 3.41. The number of rotatable bonds is 8. The molecule has 2 aromatic carbocycles. The van der Waals surface area contributed by atoms with Crippen molar-refractivity contribution in [2.45, 2.75) is 26.3 Å². The number of hydrogen-bond acceptors (Lipinski definition) is 4. The summed E-state index contributed by atoms with van der Waals surface area (Å²) < 4.78 is 13.2. The number of aromatic nitrogens is 1. The lowest BCUT2D eigenvalue weighted by molar-refractivity contribution is -0.137. The fourth-order valence-corrected chi connectivity index (χ4v) is 3.08. The van der Waals surface area contributed by atoms with Gasteiger partial charge in [-0.1, -0.05) is 71.7 Å². The van der Waals surface area contributed by atoms with Gasteiger partial charge in [0.2, 0.25) is 0 Å². The zero-order chi connectivity index (χ0) is 20.6. The van der Waals surface area contributed by atoms with Gasteiger partial charge in [0.25, 0.3) is 0 Å². The molecule has 0 aliphatic heterocycles. The van der Waals surface area contributed by atoms with E-state index >= 15 is 0 Å². The highest BCUT2D eigenvalue weighted by Crippen LogP contribution is 2.26. The van der Waals surface area contributed by atoms with E-state index in [0.29, 0.717) is 24.6 Å². The van der Waals surface area contributed by atoms with Crippen molar-refractivity contribution in [3.05, 3.63) is 87.0 Å². The summed E-state index contributed by atoms with van der Waals surface area (Å²) in [5.74, 6) is -0.512. The molecule has 0 N–H and O–H groups in total. The van der Waals surface area contributed by atoms with Crippen LogP contribution in [0.25, 0.3) is 17.4 Å². The van der Waals surface area contributed by atoms with E-state index in [1.807, 2.05) is 61.5 Å². The Morgan fingerprint density at radius 3 is 2.55 bits per heavy atom. The van der Waals surface area contributed by atoms with Gasteiger partial charge in [-0.25, -0.2) is 9.59 Å². The van der Waals surface area contributed by atoms with Crippen LogP contribution in [0.4, 0.5) is 0 Å². The Labute approximate surface area is 177 Å². The Bertz CT molecular complexity index is 1030. The molecule has 0 saturated carbocycles. The van der Waals surface area contributed by atoms with E-state index in [9.17, 15) is 9.59 Å². The van der Waals surface area contributed by atoms with Gasteiger partial charge >= 0.3 is 11.7 Å². The van der Waals surface area contributed by atoms with Crippen molar-refractivity contribution < 1.29 is 13.9 Å².